The predicted octanol–water partition coefficient (Wildman–Crippen LogP) is 4.90. The molecule has 1 heterocycles. The van der Waals surface area contributed by atoms with Gasteiger partial charge in [0.25, 0.3) is 15.9 Å². The van der Waals surface area contributed by atoms with Crippen LogP contribution >= 0.6 is 0 Å². The molecular formula is C24H27N3O4S. The molecule has 32 heavy (non-hydrogen) atoms. The number of hydrogen-bond acceptors (Lipinski definition) is 5. The quantitative estimate of drug-likeness (QED) is 0.426. The minimum absolute atomic E-state index is 0.152. The van der Waals surface area contributed by atoms with Crippen molar-refractivity contribution >= 4 is 21.6 Å². The van der Waals surface area contributed by atoms with Crippen molar-refractivity contribution in [2.75, 3.05) is 11.3 Å². The molecule has 0 bridgehead atoms. The molecule has 0 saturated carbocycles. The van der Waals surface area contributed by atoms with Gasteiger partial charge in [0.05, 0.1) is 10.6 Å². The Balaban J connectivity index is 1.74. The highest BCUT2D eigenvalue weighted by Crippen LogP contribution is 2.26. The number of rotatable bonds is 10. The number of carbonyl (C=O) groups excluding carboxylic acids is 1. The standard InChI is InChI=1S/C24H27N3O4S/c1-3-4-5-15-25-23(28)22-10-7-16-26-24(22)31-20-9-6-8-19(17-20)27-32(29,30)21-13-11-18(2)12-14-21/h6-14,16-17,27H,3-5,15H2,1-2H3,(H,25,28). The van der Waals surface area contributed by atoms with Crippen molar-refractivity contribution in [1.29, 1.82) is 0 Å². The normalized spacial score (nSPS) is 11.1. The zero-order valence-corrected chi connectivity index (χ0v) is 19.0. The topological polar surface area (TPSA) is 97.4 Å². The molecule has 0 unspecified atom stereocenters. The third-order valence-corrected chi connectivity index (χ3v) is 6.11. The number of aryl methyl sites for hydroxylation is 1. The zero-order valence-electron chi connectivity index (χ0n) is 18.2. The molecule has 7 nitrogen and oxygen atoms in total. The van der Waals surface area contributed by atoms with Crippen LogP contribution in [0.15, 0.2) is 71.8 Å². The first-order valence-electron chi connectivity index (χ1n) is 10.5. The summed E-state index contributed by atoms with van der Waals surface area (Å²) in [5, 5.41) is 2.87. The number of nitrogens with zero attached hydrogens (tertiary/aromatic N) is 1. The van der Waals surface area contributed by atoms with Crippen LogP contribution in [0.3, 0.4) is 0 Å². The van der Waals surface area contributed by atoms with Crippen LogP contribution in [0.5, 0.6) is 11.6 Å². The van der Waals surface area contributed by atoms with Crippen LogP contribution in [0.25, 0.3) is 0 Å². The average molecular weight is 454 g/mol. The van der Waals surface area contributed by atoms with Gasteiger partial charge in [-0.3, -0.25) is 9.52 Å². The fraction of sp³-hybridized carbons (Fsp3) is 0.250. The molecule has 2 aromatic carbocycles. The van der Waals surface area contributed by atoms with Gasteiger partial charge in [-0.2, -0.15) is 0 Å². The minimum atomic E-state index is -3.74. The number of unbranched alkanes of at least 4 members (excludes halogenated alkanes) is 2. The number of benzene rings is 2. The molecule has 0 aliphatic carbocycles. The van der Waals surface area contributed by atoms with E-state index < -0.39 is 10.0 Å². The molecule has 0 aliphatic heterocycles. The molecular weight excluding hydrogens is 426 g/mol. The van der Waals surface area contributed by atoms with E-state index in [1.165, 1.54) is 6.20 Å². The van der Waals surface area contributed by atoms with Crippen LogP contribution in [-0.4, -0.2) is 25.9 Å². The molecule has 1 amide bonds. The fourth-order valence-corrected chi connectivity index (χ4v) is 4.03. The molecule has 0 radical (unpaired) electrons. The molecule has 0 atom stereocenters. The molecule has 0 aliphatic rings. The summed E-state index contributed by atoms with van der Waals surface area (Å²) in [5.74, 6) is 0.243. The zero-order chi connectivity index (χ0) is 23.0. The van der Waals surface area contributed by atoms with Gasteiger partial charge in [0.2, 0.25) is 5.88 Å². The van der Waals surface area contributed by atoms with E-state index in [0.717, 1.165) is 24.8 Å². The smallest absolute Gasteiger partial charge is 0.261 e. The summed E-state index contributed by atoms with van der Waals surface area (Å²) >= 11 is 0. The average Bonchev–Trinajstić information content (AvgIpc) is 2.77. The number of carbonyl (C=O) groups is 1. The summed E-state index contributed by atoms with van der Waals surface area (Å²) in [5.41, 5.74) is 1.62. The lowest BCUT2D eigenvalue weighted by atomic mass is 10.2. The number of amides is 1. The van der Waals surface area contributed by atoms with Crippen molar-refractivity contribution in [3.63, 3.8) is 0 Å². The molecule has 2 N–H and O–H groups in total. The first-order chi connectivity index (χ1) is 15.4. The van der Waals surface area contributed by atoms with Gasteiger partial charge in [-0.05, 0) is 49.7 Å². The maximum absolute atomic E-state index is 12.7. The number of ether oxygens (including phenoxy) is 1. The van der Waals surface area contributed by atoms with E-state index in [4.69, 9.17) is 4.74 Å². The summed E-state index contributed by atoms with van der Waals surface area (Å²) in [6.07, 6.45) is 4.55. The van der Waals surface area contributed by atoms with E-state index in [0.29, 0.717) is 23.5 Å². The monoisotopic (exact) mass is 453 g/mol. The summed E-state index contributed by atoms with van der Waals surface area (Å²) in [6.45, 7) is 4.57. The van der Waals surface area contributed by atoms with Gasteiger partial charge < -0.3 is 10.1 Å². The van der Waals surface area contributed by atoms with Crippen molar-refractivity contribution in [1.82, 2.24) is 10.3 Å². The van der Waals surface area contributed by atoms with Crippen molar-refractivity contribution in [2.45, 2.75) is 38.0 Å². The molecule has 168 valence electrons. The third kappa shape index (κ3) is 6.31. The van der Waals surface area contributed by atoms with E-state index in [-0.39, 0.29) is 16.7 Å². The Bertz CT molecular complexity index is 1160. The second kappa shape index (κ2) is 10.8. The van der Waals surface area contributed by atoms with Gasteiger partial charge in [-0.25, -0.2) is 13.4 Å². The van der Waals surface area contributed by atoms with E-state index in [1.807, 2.05) is 6.92 Å². The molecule has 8 heteroatoms. The maximum Gasteiger partial charge on any atom is 0.261 e. The highest BCUT2D eigenvalue weighted by molar-refractivity contribution is 7.92. The Hall–Kier alpha value is -3.39. The summed E-state index contributed by atoms with van der Waals surface area (Å²) in [6, 6.07) is 16.4. The first-order valence-corrected chi connectivity index (χ1v) is 12.0. The number of pyridine rings is 1. The van der Waals surface area contributed by atoms with Gasteiger partial charge in [0.15, 0.2) is 0 Å². The first kappa shape index (κ1) is 23.3. The molecule has 3 aromatic rings. The van der Waals surface area contributed by atoms with Crippen LogP contribution in [0, 0.1) is 6.92 Å². The Kier molecular flexibility index (Phi) is 7.83. The Morgan fingerprint density at radius 1 is 1.03 bits per heavy atom. The third-order valence-electron chi connectivity index (χ3n) is 4.71. The van der Waals surface area contributed by atoms with Crippen LogP contribution in [0.1, 0.15) is 42.1 Å². The lowest BCUT2D eigenvalue weighted by molar-refractivity contribution is 0.0950. The highest BCUT2D eigenvalue weighted by atomic mass is 32.2. The number of anilines is 1. The van der Waals surface area contributed by atoms with E-state index in [1.54, 1.807) is 60.7 Å². The van der Waals surface area contributed by atoms with E-state index in [2.05, 4.69) is 21.9 Å². The molecule has 0 fully saturated rings. The minimum Gasteiger partial charge on any atom is -0.438 e. The van der Waals surface area contributed by atoms with Crippen LogP contribution < -0.4 is 14.8 Å². The van der Waals surface area contributed by atoms with Crippen molar-refractivity contribution in [3.05, 3.63) is 78.0 Å². The van der Waals surface area contributed by atoms with Gasteiger partial charge in [-0.15, -0.1) is 0 Å². The Labute approximate surface area is 188 Å². The fourth-order valence-electron chi connectivity index (χ4n) is 2.98. The number of nitrogens with one attached hydrogen (secondary N) is 2. The predicted molar refractivity (Wildman–Crippen MR) is 125 cm³/mol. The van der Waals surface area contributed by atoms with Crippen molar-refractivity contribution in [3.8, 4) is 11.6 Å². The van der Waals surface area contributed by atoms with Crippen LogP contribution in [-0.2, 0) is 10.0 Å². The van der Waals surface area contributed by atoms with Crippen molar-refractivity contribution < 1.29 is 17.9 Å². The number of aromatic nitrogens is 1. The van der Waals surface area contributed by atoms with Crippen LogP contribution in [0.4, 0.5) is 5.69 Å². The summed E-state index contributed by atoms with van der Waals surface area (Å²) in [4.78, 5) is 16.9. The van der Waals surface area contributed by atoms with E-state index in [9.17, 15) is 13.2 Å². The number of sulfonamides is 1. The lowest BCUT2D eigenvalue weighted by Crippen LogP contribution is -2.25. The van der Waals surface area contributed by atoms with Crippen molar-refractivity contribution in [2.24, 2.45) is 0 Å². The SMILES string of the molecule is CCCCCNC(=O)c1cccnc1Oc1cccc(NS(=O)(=O)c2ccc(C)cc2)c1. The molecule has 0 saturated heterocycles. The van der Waals surface area contributed by atoms with Crippen LogP contribution in [0.2, 0.25) is 0 Å². The molecule has 0 spiro atoms. The second-order valence-corrected chi connectivity index (χ2v) is 9.05. The Morgan fingerprint density at radius 2 is 1.81 bits per heavy atom. The second-order valence-electron chi connectivity index (χ2n) is 7.37. The van der Waals surface area contributed by atoms with Gasteiger partial charge in [0, 0.05) is 18.8 Å². The maximum atomic E-state index is 12.7. The van der Waals surface area contributed by atoms with Gasteiger partial charge in [-0.1, -0.05) is 43.5 Å². The highest BCUT2D eigenvalue weighted by Gasteiger charge is 2.16. The summed E-state index contributed by atoms with van der Waals surface area (Å²) < 4.78 is 33.7. The van der Waals surface area contributed by atoms with E-state index >= 15 is 0 Å². The largest absolute Gasteiger partial charge is 0.438 e. The summed E-state index contributed by atoms with van der Waals surface area (Å²) in [7, 11) is -3.74. The molecule has 3 rings (SSSR count). The Morgan fingerprint density at radius 3 is 2.56 bits per heavy atom. The molecule has 1 aromatic heterocycles. The number of hydrogen-bond donors (Lipinski definition) is 2. The van der Waals surface area contributed by atoms with Gasteiger partial charge >= 0.3 is 0 Å². The van der Waals surface area contributed by atoms with Gasteiger partial charge in [0.1, 0.15) is 11.3 Å². The lowest BCUT2D eigenvalue weighted by Gasteiger charge is -2.12.